The number of rotatable bonds is 4. The van der Waals surface area contributed by atoms with Gasteiger partial charge in [-0.3, -0.25) is 9.59 Å². The number of piperidine rings is 1. The first-order valence-electron chi connectivity index (χ1n) is 6.71. The number of carbonyl (C=O) groups excluding carboxylic acids is 2. The molecule has 0 bridgehead atoms. The van der Waals surface area contributed by atoms with Crippen molar-refractivity contribution in [1.29, 1.82) is 0 Å². The highest BCUT2D eigenvalue weighted by atomic mass is 79.9. The quantitative estimate of drug-likeness (QED) is 0.791. The van der Waals surface area contributed by atoms with E-state index in [1.165, 1.54) is 0 Å². The Hall–Kier alpha value is -1.36. The highest BCUT2D eigenvalue weighted by Crippen LogP contribution is 2.19. The average molecular weight is 340 g/mol. The molecule has 1 aromatic rings. The van der Waals surface area contributed by atoms with Gasteiger partial charge in [-0.2, -0.15) is 0 Å². The minimum atomic E-state index is -0.274. The molecule has 1 heterocycles. The average Bonchev–Trinajstić information content (AvgIpc) is 2.44. The summed E-state index contributed by atoms with van der Waals surface area (Å²) in [5, 5.41) is 0. The van der Waals surface area contributed by atoms with E-state index in [0.717, 1.165) is 10.0 Å². The van der Waals surface area contributed by atoms with Crippen molar-refractivity contribution < 1.29 is 14.3 Å². The third kappa shape index (κ3) is 4.07. The predicted molar refractivity (Wildman–Crippen MR) is 79.2 cm³/mol. The Balaban J connectivity index is 1.75. The van der Waals surface area contributed by atoms with Crippen LogP contribution in [0.1, 0.15) is 18.4 Å². The Morgan fingerprint density at radius 2 is 2.10 bits per heavy atom. The third-order valence-corrected chi connectivity index (χ3v) is 4.07. The topological polar surface area (TPSA) is 46.6 Å². The Morgan fingerprint density at radius 1 is 1.40 bits per heavy atom. The molecule has 20 heavy (non-hydrogen) atoms. The van der Waals surface area contributed by atoms with Crippen molar-refractivity contribution in [2.75, 3.05) is 20.2 Å². The van der Waals surface area contributed by atoms with Crippen LogP contribution in [0.3, 0.4) is 0 Å². The molecule has 0 spiro atoms. The van der Waals surface area contributed by atoms with Gasteiger partial charge in [0.15, 0.2) is 0 Å². The molecule has 1 fully saturated rings. The van der Waals surface area contributed by atoms with Crippen molar-refractivity contribution in [3.63, 3.8) is 0 Å². The SMILES string of the molecule is CN1CC[C@@H](C(=O)OCCc2ccc(Br)cc2)CC1=O. The van der Waals surface area contributed by atoms with Crippen LogP contribution in [-0.4, -0.2) is 37.0 Å². The summed E-state index contributed by atoms with van der Waals surface area (Å²) in [6.45, 7) is 0.992. The fourth-order valence-electron chi connectivity index (χ4n) is 2.18. The number of hydrogen-bond donors (Lipinski definition) is 0. The van der Waals surface area contributed by atoms with E-state index < -0.39 is 0 Å². The lowest BCUT2D eigenvalue weighted by atomic mass is 9.97. The number of ether oxygens (including phenoxy) is 1. The van der Waals surface area contributed by atoms with Crippen LogP contribution in [0.4, 0.5) is 0 Å². The number of benzene rings is 1. The fraction of sp³-hybridized carbons (Fsp3) is 0.467. The molecule has 0 N–H and O–H groups in total. The Kier molecular flexibility index (Phi) is 5.17. The zero-order valence-corrected chi connectivity index (χ0v) is 13.1. The van der Waals surface area contributed by atoms with Crippen molar-refractivity contribution in [3.8, 4) is 0 Å². The first kappa shape index (κ1) is 15.0. The second-order valence-electron chi connectivity index (χ2n) is 5.05. The van der Waals surface area contributed by atoms with Crippen LogP contribution < -0.4 is 0 Å². The summed E-state index contributed by atoms with van der Waals surface area (Å²) in [4.78, 5) is 25.1. The molecule has 0 aliphatic carbocycles. The van der Waals surface area contributed by atoms with Gasteiger partial charge in [-0.05, 0) is 24.1 Å². The highest BCUT2D eigenvalue weighted by molar-refractivity contribution is 9.10. The van der Waals surface area contributed by atoms with Crippen LogP contribution in [0.5, 0.6) is 0 Å². The van der Waals surface area contributed by atoms with Gasteiger partial charge >= 0.3 is 5.97 Å². The van der Waals surface area contributed by atoms with Crippen LogP contribution in [0, 0.1) is 5.92 Å². The van der Waals surface area contributed by atoms with Crippen molar-refractivity contribution in [1.82, 2.24) is 4.90 Å². The molecule has 5 heteroatoms. The zero-order valence-electron chi connectivity index (χ0n) is 11.5. The van der Waals surface area contributed by atoms with Crippen molar-refractivity contribution in [3.05, 3.63) is 34.3 Å². The van der Waals surface area contributed by atoms with E-state index in [-0.39, 0.29) is 24.2 Å². The number of nitrogens with zero attached hydrogens (tertiary/aromatic N) is 1. The largest absolute Gasteiger partial charge is 0.465 e. The molecule has 1 aliphatic rings. The molecule has 4 nitrogen and oxygen atoms in total. The lowest BCUT2D eigenvalue weighted by Gasteiger charge is -2.27. The summed E-state index contributed by atoms with van der Waals surface area (Å²) in [5.74, 6) is -0.502. The third-order valence-electron chi connectivity index (χ3n) is 3.54. The number of hydrogen-bond acceptors (Lipinski definition) is 3. The summed E-state index contributed by atoms with van der Waals surface area (Å²) in [5.41, 5.74) is 1.13. The molecular formula is C15H18BrNO3. The van der Waals surface area contributed by atoms with Gasteiger partial charge in [0.1, 0.15) is 0 Å². The molecule has 1 atom stereocenters. The molecule has 0 unspecified atom stereocenters. The van der Waals surface area contributed by atoms with E-state index in [1.807, 2.05) is 24.3 Å². The molecule has 0 aromatic heterocycles. The molecule has 2 rings (SSSR count). The van der Waals surface area contributed by atoms with Crippen molar-refractivity contribution in [2.45, 2.75) is 19.3 Å². The summed E-state index contributed by atoms with van der Waals surface area (Å²) < 4.78 is 6.31. The number of amides is 1. The summed E-state index contributed by atoms with van der Waals surface area (Å²) in [7, 11) is 1.76. The molecule has 108 valence electrons. The molecule has 1 aromatic carbocycles. The van der Waals surface area contributed by atoms with E-state index >= 15 is 0 Å². The van der Waals surface area contributed by atoms with E-state index in [0.29, 0.717) is 26.0 Å². The predicted octanol–water partition coefficient (Wildman–Crippen LogP) is 2.40. The fourth-order valence-corrected chi connectivity index (χ4v) is 2.45. The van der Waals surface area contributed by atoms with E-state index in [4.69, 9.17) is 4.74 Å². The van der Waals surface area contributed by atoms with E-state index in [9.17, 15) is 9.59 Å². The van der Waals surface area contributed by atoms with E-state index in [1.54, 1.807) is 11.9 Å². The minimum Gasteiger partial charge on any atom is -0.465 e. The Labute approximate surface area is 127 Å². The van der Waals surface area contributed by atoms with Crippen LogP contribution >= 0.6 is 15.9 Å². The second kappa shape index (κ2) is 6.88. The van der Waals surface area contributed by atoms with Gasteiger partial charge in [-0.25, -0.2) is 0 Å². The maximum absolute atomic E-state index is 11.9. The van der Waals surface area contributed by atoms with E-state index in [2.05, 4.69) is 15.9 Å². The Bertz CT molecular complexity index is 486. The molecule has 1 aliphatic heterocycles. The Morgan fingerprint density at radius 3 is 2.75 bits per heavy atom. The molecule has 0 saturated carbocycles. The summed E-state index contributed by atoms with van der Waals surface area (Å²) >= 11 is 3.38. The zero-order chi connectivity index (χ0) is 14.5. The lowest BCUT2D eigenvalue weighted by molar-refractivity contribution is -0.154. The maximum Gasteiger partial charge on any atom is 0.309 e. The summed E-state index contributed by atoms with van der Waals surface area (Å²) in [6.07, 6.45) is 1.66. The molecular weight excluding hydrogens is 322 g/mol. The van der Waals surface area contributed by atoms with Gasteiger partial charge in [0.2, 0.25) is 5.91 Å². The van der Waals surface area contributed by atoms with Crippen LogP contribution in [0.2, 0.25) is 0 Å². The van der Waals surface area contributed by atoms with Crippen molar-refractivity contribution >= 4 is 27.8 Å². The van der Waals surface area contributed by atoms with Crippen LogP contribution in [0.15, 0.2) is 28.7 Å². The minimum absolute atomic E-state index is 0.0195. The van der Waals surface area contributed by atoms with Crippen LogP contribution in [-0.2, 0) is 20.7 Å². The molecule has 1 amide bonds. The van der Waals surface area contributed by atoms with Gasteiger partial charge in [0.25, 0.3) is 0 Å². The number of halogens is 1. The second-order valence-corrected chi connectivity index (χ2v) is 5.96. The molecule has 1 saturated heterocycles. The number of likely N-dealkylation sites (tertiary alicyclic amines) is 1. The highest BCUT2D eigenvalue weighted by Gasteiger charge is 2.29. The molecule has 0 radical (unpaired) electrons. The standard InChI is InChI=1S/C15H18BrNO3/c1-17-8-6-12(10-14(17)18)15(19)20-9-7-11-2-4-13(16)5-3-11/h2-5,12H,6-10H2,1H3/t12-/m1/s1. The van der Waals surface area contributed by atoms with Gasteiger partial charge < -0.3 is 9.64 Å². The lowest BCUT2D eigenvalue weighted by Crippen LogP contribution is -2.38. The van der Waals surface area contributed by atoms with Gasteiger partial charge in [-0.15, -0.1) is 0 Å². The maximum atomic E-state index is 11.9. The first-order valence-corrected chi connectivity index (χ1v) is 7.50. The smallest absolute Gasteiger partial charge is 0.309 e. The van der Waals surface area contributed by atoms with Gasteiger partial charge in [-0.1, -0.05) is 28.1 Å². The van der Waals surface area contributed by atoms with Gasteiger partial charge in [0, 0.05) is 30.9 Å². The van der Waals surface area contributed by atoms with Crippen molar-refractivity contribution in [2.24, 2.45) is 5.92 Å². The number of carbonyl (C=O) groups is 2. The monoisotopic (exact) mass is 339 g/mol. The first-order chi connectivity index (χ1) is 9.56. The summed E-state index contributed by atoms with van der Waals surface area (Å²) in [6, 6.07) is 7.92. The van der Waals surface area contributed by atoms with Gasteiger partial charge in [0.05, 0.1) is 12.5 Å². The van der Waals surface area contributed by atoms with Crippen LogP contribution in [0.25, 0.3) is 0 Å². The normalized spacial score (nSPS) is 19.0. The number of esters is 1.